The molecule has 4 rings (SSSR count). The molecule has 0 heterocycles. The molecule has 0 spiro atoms. The number of hydrogen-bond acceptors (Lipinski definition) is 4. The predicted octanol–water partition coefficient (Wildman–Crippen LogP) is 4.59. The lowest BCUT2D eigenvalue weighted by atomic mass is 10.1. The van der Waals surface area contributed by atoms with E-state index < -0.39 is 28.5 Å². The maximum absolute atomic E-state index is 13.5. The fourth-order valence-corrected chi connectivity index (χ4v) is 6.01. The Balaban J connectivity index is 1.55. The van der Waals surface area contributed by atoms with Crippen LogP contribution in [-0.4, -0.2) is 55.1 Å². The van der Waals surface area contributed by atoms with Gasteiger partial charge in [0.15, 0.2) is 0 Å². The molecule has 1 aliphatic rings. The summed E-state index contributed by atoms with van der Waals surface area (Å²) in [7, 11) is -2.57. The SMILES string of the molecule is C[C@H](C(=O)NC1CCCC1)N(Cc1ccccc1Cl)C(=O)CN(C)S(=O)(=O)c1ccc2ccccc2c1. The van der Waals surface area contributed by atoms with Crippen molar-refractivity contribution in [2.75, 3.05) is 13.6 Å². The molecule has 196 valence electrons. The van der Waals surface area contributed by atoms with E-state index in [9.17, 15) is 18.0 Å². The highest BCUT2D eigenvalue weighted by Crippen LogP contribution is 2.23. The van der Waals surface area contributed by atoms with E-state index in [1.165, 1.54) is 18.0 Å². The minimum absolute atomic E-state index is 0.0849. The molecule has 1 saturated carbocycles. The number of likely N-dealkylation sites (N-methyl/N-ethyl adjacent to an activating group) is 1. The molecule has 1 N–H and O–H groups in total. The summed E-state index contributed by atoms with van der Waals surface area (Å²) < 4.78 is 27.7. The number of benzene rings is 3. The first-order valence-electron chi connectivity index (χ1n) is 12.4. The zero-order valence-electron chi connectivity index (χ0n) is 21.1. The highest BCUT2D eigenvalue weighted by molar-refractivity contribution is 7.89. The van der Waals surface area contributed by atoms with E-state index in [-0.39, 0.29) is 23.4 Å². The molecule has 1 atom stereocenters. The molecule has 2 amide bonds. The van der Waals surface area contributed by atoms with E-state index in [2.05, 4.69) is 5.32 Å². The van der Waals surface area contributed by atoms with Gasteiger partial charge >= 0.3 is 0 Å². The molecule has 0 saturated heterocycles. The minimum Gasteiger partial charge on any atom is -0.352 e. The molecular weight excluding hydrogens is 510 g/mol. The number of nitrogens with one attached hydrogen (secondary N) is 1. The van der Waals surface area contributed by atoms with Gasteiger partial charge in [0.2, 0.25) is 21.8 Å². The quantitative estimate of drug-likeness (QED) is 0.429. The first-order chi connectivity index (χ1) is 17.7. The average molecular weight is 542 g/mol. The van der Waals surface area contributed by atoms with Gasteiger partial charge in [-0.2, -0.15) is 4.31 Å². The smallest absolute Gasteiger partial charge is 0.243 e. The number of halogens is 1. The predicted molar refractivity (Wildman–Crippen MR) is 146 cm³/mol. The summed E-state index contributed by atoms with van der Waals surface area (Å²) in [6.07, 6.45) is 3.98. The second kappa shape index (κ2) is 11.6. The van der Waals surface area contributed by atoms with Crippen LogP contribution in [0.1, 0.15) is 38.2 Å². The Hall–Kier alpha value is -2.94. The van der Waals surface area contributed by atoms with E-state index in [0.717, 1.165) is 40.8 Å². The summed E-state index contributed by atoms with van der Waals surface area (Å²) in [5, 5.41) is 5.23. The van der Waals surface area contributed by atoms with Crippen molar-refractivity contribution < 1.29 is 18.0 Å². The standard InChI is InChI=1S/C28H32ClN3O4S/c1-20(28(34)30-24-12-6-7-13-24)32(18-23-11-5-8-14-26(23)29)27(33)19-31(2)37(35,36)25-16-15-21-9-3-4-10-22(21)17-25/h3-5,8-11,14-17,20,24H,6-7,12-13,18-19H2,1-2H3,(H,30,34)/t20-/m1/s1. The molecule has 0 unspecified atom stereocenters. The molecule has 7 nitrogen and oxygen atoms in total. The molecule has 0 aromatic heterocycles. The number of fused-ring (bicyclic) bond motifs is 1. The van der Waals surface area contributed by atoms with Crippen molar-refractivity contribution in [1.82, 2.24) is 14.5 Å². The number of amides is 2. The van der Waals surface area contributed by atoms with Crippen molar-refractivity contribution >= 4 is 44.2 Å². The third-order valence-corrected chi connectivity index (χ3v) is 9.12. The molecule has 1 aliphatic carbocycles. The molecule has 0 aliphatic heterocycles. The topological polar surface area (TPSA) is 86.8 Å². The monoisotopic (exact) mass is 541 g/mol. The summed E-state index contributed by atoms with van der Waals surface area (Å²) in [4.78, 5) is 28.1. The van der Waals surface area contributed by atoms with Gasteiger partial charge in [-0.1, -0.05) is 73.0 Å². The molecule has 0 radical (unpaired) electrons. The molecule has 1 fully saturated rings. The van der Waals surface area contributed by atoms with Crippen molar-refractivity contribution in [3.8, 4) is 0 Å². The van der Waals surface area contributed by atoms with Gasteiger partial charge in [-0.3, -0.25) is 9.59 Å². The summed E-state index contributed by atoms with van der Waals surface area (Å²) in [6.45, 7) is 1.33. The van der Waals surface area contributed by atoms with Gasteiger partial charge in [0, 0.05) is 24.7 Å². The van der Waals surface area contributed by atoms with Gasteiger partial charge in [-0.25, -0.2) is 8.42 Å². The largest absolute Gasteiger partial charge is 0.352 e. The Bertz CT molecular complexity index is 1390. The first-order valence-corrected chi connectivity index (χ1v) is 14.3. The van der Waals surface area contributed by atoms with Crippen molar-refractivity contribution in [2.24, 2.45) is 0 Å². The van der Waals surface area contributed by atoms with Crippen molar-refractivity contribution in [3.05, 3.63) is 77.3 Å². The fourth-order valence-electron chi connectivity index (χ4n) is 4.66. The third kappa shape index (κ3) is 6.32. The Kier molecular flexibility index (Phi) is 8.52. The summed E-state index contributed by atoms with van der Waals surface area (Å²) in [5.41, 5.74) is 0.679. The summed E-state index contributed by atoms with van der Waals surface area (Å²) in [6, 6.07) is 18.8. The first kappa shape index (κ1) is 27.1. The Morgan fingerprint density at radius 3 is 2.35 bits per heavy atom. The van der Waals surface area contributed by atoms with Crippen LogP contribution in [0.5, 0.6) is 0 Å². The molecule has 3 aromatic rings. The summed E-state index contributed by atoms with van der Waals surface area (Å²) >= 11 is 6.36. The molecule has 9 heteroatoms. The zero-order valence-corrected chi connectivity index (χ0v) is 22.6. The van der Waals surface area contributed by atoms with E-state index in [1.54, 1.807) is 37.3 Å². The molecule has 0 bridgehead atoms. The van der Waals surface area contributed by atoms with Crippen LogP contribution in [-0.2, 0) is 26.2 Å². The lowest BCUT2D eigenvalue weighted by Crippen LogP contribution is -2.52. The van der Waals surface area contributed by atoms with Crippen LogP contribution in [0.4, 0.5) is 0 Å². The van der Waals surface area contributed by atoms with E-state index >= 15 is 0 Å². The highest BCUT2D eigenvalue weighted by Gasteiger charge is 2.31. The lowest BCUT2D eigenvalue weighted by molar-refractivity contribution is -0.140. The van der Waals surface area contributed by atoms with Gasteiger partial charge in [0.25, 0.3) is 0 Å². The van der Waals surface area contributed by atoms with Crippen molar-refractivity contribution in [2.45, 2.75) is 56.1 Å². The number of hydrogen-bond donors (Lipinski definition) is 1. The van der Waals surface area contributed by atoms with Gasteiger partial charge in [0.1, 0.15) is 6.04 Å². The van der Waals surface area contributed by atoms with Crippen LogP contribution >= 0.6 is 11.6 Å². The second-order valence-corrected chi connectivity index (χ2v) is 12.0. The molecule has 37 heavy (non-hydrogen) atoms. The zero-order chi connectivity index (χ0) is 26.6. The minimum atomic E-state index is -3.95. The van der Waals surface area contributed by atoms with E-state index in [1.807, 2.05) is 30.3 Å². The number of nitrogens with zero attached hydrogens (tertiary/aromatic N) is 2. The molecular formula is C28H32ClN3O4S. The van der Waals surface area contributed by atoms with Gasteiger partial charge < -0.3 is 10.2 Å². The average Bonchev–Trinajstić information content (AvgIpc) is 3.40. The number of carbonyl (C=O) groups excluding carboxylic acids is 2. The fraction of sp³-hybridized carbons (Fsp3) is 0.357. The highest BCUT2D eigenvalue weighted by atomic mass is 35.5. The maximum atomic E-state index is 13.5. The van der Waals surface area contributed by atoms with Gasteiger partial charge in [-0.15, -0.1) is 0 Å². The third-order valence-electron chi connectivity index (χ3n) is 6.95. The number of carbonyl (C=O) groups is 2. The number of rotatable bonds is 9. The van der Waals surface area contributed by atoms with Gasteiger partial charge in [0.05, 0.1) is 11.4 Å². The van der Waals surface area contributed by atoms with Crippen LogP contribution in [0, 0.1) is 0 Å². The van der Waals surface area contributed by atoms with Crippen LogP contribution < -0.4 is 5.32 Å². The van der Waals surface area contributed by atoms with Crippen LogP contribution in [0.3, 0.4) is 0 Å². The second-order valence-electron chi connectivity index (χ2n) is 9.55. The van der Waals surface area contributed by atoms with Crippen LogP contribution in [0.15, 0.2) is 71.6 Å². The normalized spacial score (nSPS) is 15.1. The van der Waals surface area contributed by atoms with E-state index in [0.29, 0.717) is 10.6 Å². The van der Waals surface area contributed by atoms with Crippen molar-refractivity contribution in [3.63, 3.8) is 0 Å². The summed E-state index contributed by atoms with van der Waals surface area (Å²) in [5.74, 6) is -0.742. The van der Waals surface area contributed by atoms with Crippen molar-refractivity contribution in [1.29, 1.82) is 0 Å². The van der Waals surface area contributed by atoms with Crippen LogP contribution in [0.2, 0.25) is 5.02 Å². The Labute approximate surface area is 223 Å². The van der Waals surface area contributed by atoms with Crippen LogP contribution in [0.25, 0.3) is 10.8 Å². The lowest BCUT2D eigenvalue weighted by Gasteiger charge is -2.31. The Morgan fingerprint density at radius 2 is 1.65 bits per heavy atom. The Morgan fingerprint density at radius 1 is 1.00 bits per heavy atom. The maximum Gasteiger partial charge on any atom is 0.243 e. The van der Waals surface area contributed by atoms with E-state index in [4.69, 9.17) is 11.6 Å². The van der Waals surface area contributed by atoms with Gasteiger partial charge in [-0.05, 0) is 54.3 Å². The number of sulfonamides is 1. The molecule has 3 aromatic carbocycles.